The summed E-state index contributed by atoms with van der Waals surface area (Å²) in [5.41, 5.74) is -0.490. The molecule has 7 N–H and O–H groups in total. The third kappa shape index (κ3) is 21.1. The molecule has 69 heavy (non-hydrogen) atoms. The zero-order valence-electron chi connectivity index (χ0n) is 42.7. The number of likely N-dealkylation sites (N-methyl/N-ethyl adjacent to an activating group) is 1. The van der Waals surface area contributed by atoms with E-state index in [1.165, 1.54) is 6.07 Å². The molecular formula is C50H76ClN7O11. The van der Waals surface area contributed by atoms with Crippen LogP contribution in [-0.2, 0) is 41.4 Å². The summed E-state index contributed by atoms with van der Waals surface area (Å²) in [6, 6.07) is 6.48. The molecule has 384 valence electrons. The Morgan fingerprint density at radius 3 is 1.81 bits per heavy atom. The molecule has 19 heteroatoms. The number of phenols is 1. The lowest BCUT2D eigenvalue weighted by atomic mass is 9.95. The Kier molecular flexibility index (Phi) is 20.5. The van der Waals surface area contributed by atoms with Crippen molar-refractivity contribution in [2.75, 3.05) is 26.7 Å². The molecule has 0 fully saturated rings. The highest BCUT2D eigenvalue weighted by Gasteiger charge is 2.33. The lowest BCUT2D eigenvalue weighted by Crippen LogP contribution is -2.55. The minimum absolute atomic E-state index is 0.0418. The molecule has 4 atom stereocenters. The van der Waals surface area contributed by atoms with Crippen LogP contribution in [0.5, 0.6) is 5.75 Å². The summed E-state index contributed by atoms with van der Waals surface area (Å²) < 4.78 is 21.8. The summed E-state index contributed by atoms with van der Waals surface area (Å²) in [5.74, 6) is -1.21. The Morgan fingerprint density at radius 2 is 1.25 bits per heavy atom. The van der Waals surface area contributed by atoms with Crippen molar-refractivity contribution in [3.8, 4) is 16.9 Å². The molecule has 6 amide bonds. The predicted octanol–water partition coefficient (Wildman–Crippen LogP) is 7.62. The van der Waals surface area contributed by atoms with Gasteiger partial charge in [-0.25, -0.2) is 19.2 Å². The summed E-state index contributed by atoms with van der Waals surface area (Å²) in [6.07, 6.45) is -1.60. The molecule has 1 aliphatic heterocycles. The van der Waals surface area contributed by atoms with Crippen LogP contribution in [0.1, 0.15) is 120 Å². The molecule has 0 unspecified atom stereocenters. The molecule has 0 aliphatic carbocycles. The van der Waals surface area contributed by atoms with Gasteiger partial charge in [-0.15, -0.1) is 0 Å². The maximum Gasteiger partial charge on any atom is 0.408 e. The maximum atomic E-state index is 14.7. The summed E-state index contributed by atoms with van der Waals surface area (Å²) >= 11 is 6.88. The normalized spacial score (nSPS) is 17.4. The van der Waals surface area contributed by atoms with E-state index in [0.717, 1.165) is 0 Å². The first-order valence-corrected chi connectivity index (χ1v) is 23.7. The van der Waals surface area contributed by atoms with Crippen molar-refractivity contribution in [2.45, 2.75) is 168 Å². The molecule has 4 bridgehead atoms. The number of hydrogen-bond acceptors (Lipinski definition) is 12. The molecule has 0 saturated carbocycles. The van der Waals surface area contributed by atoms with E-state index < -0.39 is 82.8 Å². The van der Waals surface area contributed by atoms with Gasteiger partial charge in [0.05, 0.1) is 6.04 Å². The smallest absolute Gasteiger partial charge is 0.408 e. The molecule has 2 aromatic rings. The van der Waals surface area contributed by atoms with Gasteiger partial charge in [-0.3, -0.25) is 9.59 Å². The van der Waals surface area contributed by atoms with Crippen LogP contribution < -0.4 is 31.9 Å². The first kappa shape index (κ1) is 57.4. The standard InChI is InChI=1S/C50H76ClN7O11/c1-30-37(18-16-24-53-44(63)67-48(5,6)7)56-41(60)38(57-46(65)69-50(11,12)13)27-34-26-32(20-22-40(34)59)31-19-21-36(51)33(25-31)28-39(58(30)14)42(61)54-29-35(55-45(64)68-49(8,9)10)17-15-23-52-43(62)66-47(2,3)4/h19-22,25-26,35,37-39,59H,1,15-18,23-24,27-29H2,2-14H3,(H,52,62)(H,53,63)(H,54,61)(H,55,64)(H,56,60)(H,57,65)/t35-,37-,38-,39-/m0/s1. The van der Waals surface area contributed by atoms with Gasteiger partial charge in [0.1, 0.15) is 40.2 Å². The second kappa shape index (κ2) is 24.6. The van der Waals surface area contributed by atoms with Crippen molar-refractivity contribution in [1.29, 1.82) is 0 Å². The maximum absolute atomic E-state index is 14.7. The zero-order valence-corrected chi connectivity index (χ0v) is 43.5. The first-order chi connectivity index (χ1) is 31.8. The molecule has 1 heterocycles. The van der Waals surface area contributed by atoms with Gasteiger partial charge in [-0.2, -0.15) is 0 Å². The summed E-state index contributed by atoms with van der Waals surface area (Å²) in [7, 11) is 1.66. The van der Waals surface area contributed by atoms with E-state index >= 15 is 0 Å². The molecule has 0 radical (unpaired) electrons. The van der Waals surface area contributed by atoms with Crippen LogP contribution in [0.2, 0.25) is 5.02 Å². The predicted molar refractivity (Wildman–Crippen MR) is 265 cm³/mol. The van der Waals surface area contributed by atoms with Gasteiger partial charge in [-0.05, 0) is 155 Å². The fourth-order valence-electron chi connectivity index (χ4n) is 7.08. The van der Waals surface area contributed by atoms with Gasteiger partial charge in [0.15, 0.2) is 0 Å². The number of aromatic hydroxyl groups is 1. The Morgan fingerprint density at radius 1 is 0.739 bits per heavy atom. The van der Waals surface area contributed by atoms with Gasteiger partial charge in [0.25, 0.3) is 0 Å². The van der Waals surface area contributed by atoms with E-state index in [1.54, 1.807) is 119 Å². The van der Waals surface area contributed by atoms with Crippen LogP contribution in [0.4, 0.5) is 19.2 Å². The van der Waals surface area contributed by atoms with E-state index in [9.17, 15) is 33.9 Å². The minimum atomic E-state index is -1.26. The molecule has 18 nitrogen and oxygen atoms in total. The van der Waals surface area contributed by atoms with Crippen LogP contribution in [0, 0.1) is 0 Å². The van der Waals surface area contributed by atoms with Crippen LogP contribution >= 0.6 is 11.6 Å². The highest BCUT2D eigenvalue weighted by atomic mass is 35.5. The number of rotatable bonds is 13. The number of ether oxygens (including phenoxy) is 4. The highest BCUT2D eigenvalue weighted by Crippen LogP contribution is 2.32. The number of nitrogens with zero attached hydrogens (tertiary/aromatic N) is 1. The number of carbonyl (C=O) groups is 6. The Balaban J connectivity index is 2.08. The number of fused-ring (bicyclic) bond motifs is 5. The lowest BCUT2D eigenvalue weighted by molar-refractivity contribution is -0.125. The van der Waals surface area contributed by atoms with Crippen LogP contribution in [0.15, 0.2) is 48.7 Å². The Hall–Kier alpha value is -5.91. The minimum Gasteiger partial charge on any atom is -0.508 e. The monoisotopic (exact) mass is 986 g/mol. The average Bonchev–Trinajstić information content (AvgIpc) is 3.19. The van der Waals surface area contributed by atoms with Crippen molar-refractivity contribution in [3.05, 3.63) is 64.8 Å². The number of benzene rings is 2. The topological polar surface area (TPSA) is 235 Å². The largest absolute Gasteiger partial charge is 0.508 e. The molecular weight excluding hydrogens is 910 g/mol. The zero-order chi connectivity index (χ0) is 52.1. The summed E-state index contributed by atoms with van der Waals surface area (Å²) in [6.45, 7) is 25.5. The number of hydrogen-bond donors (Lipinski definition) is 7. The third-order valence-electron chi connectivity index (χ3n) is 10.2. The number of phenolic OH excluding ortho intramolecular Hbond substituents is 1. The number of amides is 6. The van der Waals surface area contributed by atoms with Crippen molar-refractivity contribution in [3.63, 3.8) is 0 Å². The number of halogens is 1. The number of alkyl carbamates (subject to hydrolysis) is 4. The van der Waals surface area contributed by atoms with Gasteiger partial charge in [0.2, 0.25) is 11.8 Å². The fourth-order valence-corrected chi connectivity index (χ4v) is 7.27. The van der Waals surface area contributed by atoms with Crippen LogP contribution in [0.3, 0.4) is 0 Å². The molecule has 1 aliphatic rings. The van der Waals surface area contributed by atoms with E-state index in [1.807, 2.05) is 6.07 Å². The molecule has 0 spiro atoms. The van der Waals surface area contributed by atoms with E-state index in [4.69, 9.17) is 30.5 Å². The van der Waals surface area contributed by atoms with E-state index in [0.29, 0.717) is 52.2 Å². The second-order valence-electron chi connectivity index (χ2n) is 21.2. The van der Waals surface area contributed by atoms with Gasteiger partial charge in [0, 0.05) is 56.3 Å². The van der Waals surface area contributed by atoms with Crippen molar-refractivity contribution >= 4 is 47.8 Å². The summed E-state index contributed by atoms with van der Waals surface area (Å²) in [5, 5.41) is 28.5. The Labute approximate surface area is 412 Å². The molecule has 0 saturated heterocycles. The van der Waals surface area contributed by atoms with Crippen molar-refractivity contribution < 1.29 is 52.8 Å². The molecule has 2 aromatic carbocycles. The number of carbonyl (C=O) groups excluding carboxylic acids is 6. The molecule has 0 aromatic heterocycles. The fraction of sp³-hybridized carbons (Fsp3) is 0.600. The van der Waals surface area contributed by atoms with Gasteiger partial charge >= 0.3 is 24.4 Å². The summed E-state index contributed by atoms with van der Waals surface area (Å²) in [4.78, 5) is 82.1. The van der Waals surface area contributed by atoms with Gasteiger partial charge < -0.3 is 60.9 Å². The Bertz CT molecular complexity index is 2140. The average molecular weight is 987 g/mol. The molecule has 3 rings (SSSR count). The van der Waals surface area contributed by atoms with E-state index in [2.05, 4.69) is 38.5 Å². The second-order valence-corrected chi connectivity index (χ2v) is 21.6. The van der Waals surface area contributed by atoms with E-state index in [-0.39, 0.29) is 44.6 Å². The lowest BCUT2D eigenvalue weighted by Gasteiger charge is -2.36. The third-order valence-corrected chi connectivity index (χ3v) is 10.6. The van der Waals surface area contributed by atoms with Crippen molar-refractivity contribution in [2.24, 2.45) is 0 Å². The highest BCUT2D eigenvalue weighted by molar-refractivity contribution is 6.31. The van der Waals surface area contributed by atoms with Crippen LogP contribution in [-0.4, -0.2) is 119 Å². The van der Waals surface area contributed by atoms with Gasteiger partial charge in [-0.1, -0.05) is 30.3 Å². The number of nitrogens with one attached hydrogen (secondary N) is 6. The quantitative estimate of drug-likeness (QED) is 0.0759. The SMILES string of the molecule is C=C1[C@H](CCCNC(=O)OC(C)(C)C)NC(=O)[C@@H](NC(=O)OC(C)(C)C)Cc2cc(ccc2O)-c2ccc(Cl)c(c2)C[C@@H](C(=O)NC[C@H](CCCNC(=O)OC(C)(C)C)NC(=O)OC(C)(C)C)N1C. The van der Waals surface area contributed by atoms with Crippen LogP contribution in [0.25, 0.3) is 11.1 Å². The van der Waals surface area contributed by atoms with Crippen molar-refractivity contribution in [1.82, 2.24) is 36.8 Å². The first-order valence-electron chi connectivity index (χ1n) is 23.3.